The molecule has 0 bridgehead atoms. The molecular weight excluding hydrogens is 436 g/mol. The number of hydrogen-bond donors (Lipinski definition) is 1. The number of benzene rings is 1. The number of likely N-dealkylation sites (tertiary alicyclic amines) is 1. The number of nitrogens with zero attached hydrogens (tertiary/aromatic N) is 2. The lowest BCUT2D eigenvalue weighted by Gasteiger charge is -2.25. The predicted molar refractivity (Wildman–Crippen MR) is 133 cm³/mol. The van der Waals surface area contributed by atoms with Gasteiger partial charge in [0.1, 0.15) is 11.5 Å². The van der Waals surface area contributed by atoms with Crippen LogP contribution in [0.2, 0.25) is 0 Å². The number of ether oxygens (including phenoxy) is 1. The molecule has 0 spiro atoms. The van der Waals surface area contributed by atoms with Crippen LogP contribution in [0.5, 0.6) is 5.75 Å². The molecule has 1 saturated heterocycles. The highest BCUT2D eigenvalue weighted by Crippen LogP contribution is 2.41. The molecule has 0 aliphatic carbocycles. The van der Waals surface area contributed by atoms with Crippen molar-refractivity contribution >= 4 is 28.8 Å². The summed E-state index contributed by atoms with van der Waals surface area (Å²) in [5, 5.41) is 13.1. The minimum atomic E-state index is -0.633. The quantitative estimate of drug-likeness (QED) is 0.203. The van der Waals surface area contributed by atoms with Crippen molar-refractivity contribution in [3.63, 3.8) is 0 Å². The van der Waals surface area contributed by atoms with Gasteiger partial charge in [-0.2, -0.15) is 0 Å². The lowest BCUT2D eigenvalue weighted by Crippen LogP contribution is -2.33. The molecule has 1 unspecified atom stereocenters. The number of carbonyl (C=O) groups excluding carboxylic acids is 2. The number of Topliss-reactive ketones (excluding diaryl/α,β-unsaturated/α-hetero) is 1. The minimum Gasteiger partial charge on any atom is -0.507 e. The summed E-state index contributed by atoms with van der Waals surface area (Å²) in [7, 11) is 0. The summed E-state index contributed by atoms with van der Waals surface area (Å²) in [4.78, 5) is 30.9. The van der Waals surface area contributed by atoms with Crippen molar-refractivity contribution in [2.24, 2.45) is 0 Å². The Morgan fingerprint density at radius 2 is 1.91 bits per heavy atom. The topological polar surface area (TPSA) is 70.1 Å². The van der Waals surface area contributed by atoms with E-state index < -0.39 is 17.7 Å². The van der Waals surface area contributed by atoms with Crippen molar-refractivity contribution in [3.05, 3.63) is 57.8 Å². The maximum absolute atomic E-state index is 13.1. The zero-order valence-corrected chi connectivity index (χ0v) is 20.6. The SMILES string of the molecule is CCCCOc1cccc(/C(O)=C2\C(=O)C(=O)N(CCCN(CC)CC)C2c2cccs2)c1. The summed E-state index contributed by atoms with van der Waals surface area (Å²) < 4.78 is 5.77. The van der Waals surface area contributed by atoms with Crippen LogP contribution in [0, 0.1) is 0 Å². The van der Waals surface area contributed by atoms with Crippen molar-refractivity contribution < 1.29 is 19.4 Å². The Labute approximate surface area is 200 Å². The van der Waals surface area contributed by atoms with Crippen LogP contribution in [0.1, 0.15) is 56.5 Å². The van der Waals surface area contributed by atoms with Crippen molar-refractivity contribution in [3.8, 4) is 5.75 Å². The molecular formula is C26H34N2O4S. The first kappa shape index (κ1) is 25.0. The van der Waals surface area contributed by atoms with Crippen molar-refractivity contribution in [1.29, 1.82) is 0 Å². The number of aliphatic hydroxyl groups is 1. The molecule has 1 aromatic heterocycles. The molecule has 178 valence electrons. The molecule has 1 N–H and O–H groups in total. The molecule has 1 aliphatic heterocycles. The highest BCUT2D eigenvalue weighted by atomic mass is 32.1. The number of unbranched alkanes of at least 4 members (excludes halogenated alkanes) is 1. The van der Waals surface area contributed by atoms with Crippen molar-refractivity contribution in [1.82, 2.24) is 9.80 Å². The fraction of sp³-hybridized carbons (Fsp3) is 0.462. The van der Waals surface area contributed by atoms with E-state index in [0.29, 0.717) is 24.5 Å². The van der Waals surface area contributed by atoms with Crippen molar-refractivity contribution in [2.75, 3.05) is 32.8 Å². The van der Waals surface area contributed by atoms with Crippen LogP contribution in [0.4, 0.5) is 0 Å². The molecule has 1 amide bonds. The number of ketones is 1. The highest BCUT2D eigenvalue weighted by Gasteiger charge is 2.46. The maximum Gasteiger partial charge on any atom is 0.295 e. The number of carbonyl (C=O) groups is 2. The summed E-state index contributed by atoms with van der Waals surface area (Å²) in [6.07, 6.45) is 2.72. The third-order valence-corrected chi connectivity index (χ3v) is 6.92. The molecule has 0 saturated carbocycles. The molecule has 1 fully saturated rings. The molecule has 1 atom stereocenters. The molecule has 3 rings (SSSR count). The Bertz CT molecular complexity index is 966. The second-order valence-electron chi connectivity index (χ2n) is 8.12. The summed E-state index contributed by atoms with van der Waals surface area (Å²) in [6.45, 7) is 10.1. The molecule has 33 heavy (non-hydrogen) atoms. The number of thiophene rings is 1. The standard InChI is InChI=1S/C26H34N2O4S/c1-4-7-16-32-20-12-8-11-19(18-20)24(29)22-23(21-13-9-17-33-21)28(26(31)25(22)30)15-10-14-27(5-2)6-3/h8-9,11-13,17-18,23,29H,4-7,10,14-16H2,1-3H3/b24-22+. The van der Waals surface area contributed by atoms with Gasteiger partial charge >= 0.3 is 0 Å². The van der Waals surface area contributed by atoms with Crippen LogP contribution in [-0.4, -0.2) is 59.4 Å². The van der Waals surface area contributed by atoms with Gasteiger partial charge in [-0.1, -0.05) is 45.4 Å². The lowest BCUT2D eigenvalue weighted by atomic mass is 9.99. The van der Waals surface area contributed by atoms with Gasteiger partial charge in [-0.3, -0.25) is 9.59 Å². The zero-order chi connectivity index (χ0) is 23.8. The molecule has 7 heteroatoms. The number of amides is 1. The van der Waals surface area contributed by atoms with E-state index in [2.05, 4.69) is 25.7 Å². The van der Waals surface area contributed by atoms with Gasteiger partial charge in [0.05, 0.1) is 18.2 Å². The van der Waals surface area contributed by atoms with E-state index in [1.54, 1.807) is 23.1 Å². The predicted octanol–water partition coefficient (Wildman–Crippen LogP) is 5.08. The van der Waals surface area contributed by atoms with Gasteiger partial charge in [0.2, 0.25) is 0 Å². The van der Waals surface area contributed by atoms with Gasteiger partial charge in [-0.05, 0) is 56.1 Å². The van der Waals surface area contributed by atoms with Gasteiger partial charge < -0.3 is 19.6 Å². The van der Waals surface area contributed by atoms with Crippen LogP contribution in [0.25, 0.3) is 5.76 Å². The van der Waals surface area contributed by atoms with Crippen LogP contribution in [-0.2, 0) is 9.59 Å². The summed E-state index contributed by atoms with van der Waals surface area (Å²) in [5.74, 6) is -0.705. The summed E-state index contributed by atoms with van der Waals surface area (Å²) in [5.41, 5.74) is 0.627. The van der Waals surface area contributed by atoms with Gasteiger partial charge in [-0.25, -0.2) is 0 Å². The first-order valence-electron chi connectivity index (χ1n) is 11.8. The number of rotatable bonds is 12. The third-order valence-electron chi connectivity index (χ3n) is 5.99. The first-order valence-corrected chi connectivity index (χ1v) is 12.7. The highest BCUT2D eigenvalue weighted by molar-refractivity contribution is 7.10. The molecule has 1 aliphatic rings. The van der Waals surface area contributed by atoms with Gasteiger partial charge in [0, 0.05) is 17.0 Å². The largest absolute Gasteiger partial charge is 0.507 e. The summed E-state index contributed by atoms with van der Waals surface area (Å²) in [6, 6.07) is 10.3. The van der Waals surface area contributed by atoms with Crippen LogP contribution in [0.15, 0.2) is 47.4 Å². The van der Waals surface area contributed by atoms with E-state index in [4.69, 9.17) is 4.74 Å². The molecule has 1 aromatic carbocycles. The Hall–Kier alpha value is -2.64. The maximum atomic E-state index is 13.1. The Balaban J connectivity index is 1.92. The van der Waals surface area contributed by atoms with E-state index in [1.165, 1.54) is 11.3 Å². The minimum absolute atomic E-state index is 0.149. The average molecular weight is 471 g/mol. The Morgan fingerprint density at radius 3 is 2.58 bits per heavy atom. The van der Waals surface area contributed by atoms with E-state index in [9.17, 15) is 14.7 Å². The van der Waals surface area contributed by atoms with Gasteiger partial charge in [-0.15, -0.1) is 11.3 Å². The molecule has 2 aromatic rings. The van der Waals surface area contributed by atoms with E-state index in [-0.39, 0.29) is 11.3 Å². The number of hydrogen-bond acceptors (Lipinski definition) is 6. The number of aliphatic hydroxyl groups excluding tert-OH is 1. The second-order valence-corrected chi connectivity index (χ2v) is 9.10. The van der Waals surface area contributed by atoms with Crippen LogP contribution >= 0.6 is 11.3 Å². The smallest absolute Gasteiger partial charge is 0.295 e. The Morgan fingerprint density at radius 1 is 1.12 bits per heavy atom. The first-order chi connectivity index (χ1) is 16.0. The summed E-state index contributed by atoms with van der Waals surface area (Å²) >= 11 is 1.48. The normalized spacial score (nSPS) is 17.8. The van der Waals surface area contributed by atoms with Crippen LogP contribution < -0.4 is 4.74 Å². The van der Waals surface area contributed by atoms with Gasteiger partial charge in [0.25, 0.3) is 11.7 Å². The molecule has 6 nitrogen and oxygen atoms in total. The van der Waals surface area contributed by atoms with E-state index >= 15 is 0 Å². The Kier molecular flexibility index (Phi) is 9.09. The van der Waals surface area contributed by atoms with Crippen LogP contribution in [0.3, 0.4) is 0 Å². The zero-order valence-electron chi connectivity index (χ0n) is 19.8. The monoisotopic (exact) mass is 470 g/mol. The molecule has 2 heterocycles. The fourth-order valence-electron chi connectivity index (χ4n) is 4.08. The third kappa shape index (κ3) is 5.84. The van der Waals surface area contributed by atoms with E-state index in [1.807, 2.05) is 23.6 Å². The molecule has 0 radical (unpaired) electrons. The second kappa shape index (κ2) is 12.0. The van der Waals surface area contributed by atoms with E-state index in [0.717, 1.165) is 43.8 Å². The fourth-order valence-corrected chi connectivity index (χ4v) is 4.93. The average Bonchev–Trinajstić information content (AvgIpc) is 3.44. The van der Waals surface area contributed by atoms with Gasteiger partial charge in [0.15, 0.2) is 0 Å². The van der Waals surface area contributed by atoms with Crippen molar-refractivity contribution in [2.45, 2.75) is 46.1 Å². The lowest BCUT2D eigenvalue weighted by molar-refractivity contribution is -0.139.